The average molecular weight is 258 g/mol. The molecule has 1 atom stereocenters. The lowest BCUT2D eigenvalue weighted by Gasteiger charge is -2.37. The molecule has 1 aromatic carbocycles. The second kappa shape index (κ2) is 4.37. The molecule has 2 amide bonds. The summed E-state index contributed by atoms with van der Waals surface area (Å²) in [5.74, 6) is -0.496. The maximum absolute atomic E-state index is 12.1. The fourth-order valence-electron chi connectivity index (χ4n) is 3.59. The van der Waals surface area contributed by atoms with Gasteiger partial charge in [-0.25, -0.2) is 0 Å². The van der Waals surface area contributed by atoms with Crippen molar-refractivity contribution in [2.75, 3.05) is 0 Å². The number of benzene rings is 1. The van der Waals surface area contributed by atoms with E-state index in [0.29, 0.717) is 5.56 Å². The Morgan fingerprint density at radius 3 is 2.58 bits per heavy atom. The molecule has 4 heteroatoms. The first-order chi connectivity index (χ1) is 9.16. The zero-order chi connectivity index (χ0) is 13.5. The zero-order valence-corrected chi connectivity index (χ0v) is 10.8. The molecule has 0 spiro atoms. The van der Waals surface area contributed by atoms with E-state index in [4.69, 9.17) is 5.73 Å². The van der Waals surface area contributed by atoms with Crippen LogP contribution in [0.4, 0.5) is 0 Å². The van der Waals surface area contributed by atoms with E-state index in [0.717, 1.165) is 31.2 Å². The van der Waals surface area contributed by atoms with E-state index in [9.17, 15) is 9.59 Å². The number of rotatable bonds is 2. The van der Waals surface area contributed by atoms with Crippen molar-refractivity contribution < 1.29 is 9.59 Å². The minimum atomic E-state index is -0.992. The molecule has 2 aliphatic rings. The van der Waals surface area contributed by atoms with Crippen molar-refractivity contribution in [3.63, 3.8) is 0 Å². The van der Waals surface area contributed by atoms with E-state index in [2.05, 4.69) is 5.32 Å². The summed E-state index contributed by atoms with van der Waals surface area (Å²) in [5.41, 5.74) is 6.05. The largest absolute Gasteiger partial charge is 0.367 e. The molecule has 3 rings (SSSR count). The molecular weight excluding hydrogens is 240 g/mol. The Labute approximate surface area is 112 Å². The SMILES string of the molecule is NC(=O)C1(C2CCCCC2)NC(=O)c2ccccc21. The topological polar surface area (TPSA) is 72.2 Å². The van der Waals surface area contributed by atoms with Crippen LogP contribution in [0.3, 0.4) is 0 Å². The van der Waals surface area contributed by atoms with Crippen LogP contribution in [0.1, 0.15) is 48.0 Å². The molecule has 1 aromatic rings. The maximum atomic E-state index is 12.1. The normalized spacial score (nSPS) is 26.8. The van der Waals surface area contributed by atoms with Gasteiger partial charge in [0.2, 0.25) is 5.91 Å². The van der Waals surface area contributed by atoms with Gasteiger partial charge in [-0.05, 0) is 30.4 Å². The molecule has 0 saturated heterocycles. The third-order valence-corrected chi connectivity index (χ3v) is 4.51. The zero-order valence-electron chi connectivity index (χ0n) is 10.8. The molecule has 19 heavy (non-hydrogen) atoms. The number of carbonyl (C=O) groups excluding carboxylic acids is 2. The van der Waals surface area contributed by atoms with Gasteiger partial charge in [0.05, 0.1) is 0 Å². The number of hydrogen-bond acceptors (Lipinski definition) is 2. The van der Waals surface area contributed by atoms with Gasteiger partial charge in [0.25, 0.3) is 5.91 Å². The van der Waals surface area contributed by atoms with E-state index in [1.807, 2.05) is 18.2 Å². The summed E-state index contributed by atoms with van der Waals surface area (Å²) in [6, 6.07) is 7.29. The van der Waals surface area contributed by atoms with Crippen molar-refractivity contribution in [1.29, 1.82) is 0 Å². The highest BCUT2D eigenvalue weighted by molar-refractivity contribution is 6.06. The molecule has 0 bridgehead atoms. The van der Waals surface area contributed by atoms with Crippen LogP contribution >= 0.6 is 0 Å². The molecular formula is C15H18N2O2. The van der Waals surface area contributed by atoms with Crippen molar-refractivity contribution >= 4 is 11.8 Å². The number of primary amides is 1. The fourth-order valence-corrected chi connectivity index (χ4v) is 3.59. The number of carbonyl (C=O) groups is 2. The van der Waals surface area contributed by atoms with Crippen LogP contribution in [0.25, 0.3) is 0 Å². The van der Waals surface area contributed by atoms with Crippen molar-refractivity contribution in [2.24, 2.45) is 11.7 Å². The van der Waals surface area contributed by atoms with Gasteiger partial charge in [-0.3, -0.25) is 9.59 Å². The lowest BCUT2D eigenvalue weighted by atomic mass is 9.71. The predicted octanol–water partition coefficient (Wildman–Crippen LogP) is 1.69. The minimum Gasteiger partial charge on any atom is -0.367 e. The molecule has 1 aliphatic heterocycles. The van der Waals surface area contributed by atoms with E-state index >= 15 is 0 Å². The number of hydrogen-bond donors (Lipinski definition) is 2. The van der Waals surface area contributed by atoms with E-state index in [1.54, 1.807) is 6.07 Å². The van der Waals surface area contributed by atoms with Gasteiger partial charge in [-0.2, -0.15) is 0 Å². The third kappa shape index (κ3) is 1.66. The highest BCUT2D eigenvalue weighted by atomic mass is 16.2. The third-order valence-electron chi connectivity index (χ3n) is 4.51. The summed E-state index contributed by atoms with van der Waals surface area (Å²) in [6.45, 7) is 0. The Bertz CT molecular complexity index is 535. The Hall–Kier alpha value is -1.84. The first kappa shape index (κ1) is 12.2. The molecule has 1 saturated carbocycles. The van der Waals surface area contributed by atoms with Gasteiger partial charge in [-0.15, -0.1) is 0 Å². The lowest BCUT2D eigenvalue weighted by molar-refractivity contribution is -0.127. The highest BCUT2D eigenvalue weighted by Crippen LogP contribution is 2.43. The molecule has 1 unspecified atom stereocenters. The summed E-state index contributed by atoms with van der Waals surface area (Å²) in [4.78, 5) is 24.2. The Kier molecular flexibility index (Phi) is 2.81. The van der Waals surface area contributed by atoms with E-state index in [1.165, 1.54) is 6.42 Å². The van der Waals surface area contributed by atoms with Gasteiger partial charge in [0, 0.05) is 5.56 Å². The highest BCUT2D eigenvalue weighted by Gasteiger charge is 2.52. The number of nitrogens with two attached hydrogens (primary N) is 1. The van der Waals surface area contributed by atoms with Crippen LogP contribution in [0.5, 0.6) is 0 Å². The standard InChI is InChI=1S/C15H18N2O2/c16-14(19)15(10-6-2-1-3-7-10)12-9-5-4-8-11(12)13(18)17-15/h4-5,8-10H,1-3,6-7H2,(H2,16,19)(H,17,18). The maximum Gasteiger partial charge on any atom is 0.252 e. The minimum absolute atomic E-state index is 0.117. The monoisotopic (exact) mass is 258 g/mol. The van der Waals surface area contributed by atoms with Crippen molar-refractivity contribution in [1.82, 2.24) is 5.32 Å². The molecule has 0 aromatic heterocycles. The van der Waals surface area contributed by atoms with Crippen molar-refractivity contribution in [3.05, 3.63) is 35.4 Å². The van der Waals surface area contributed by atoms with Gasteiger partial charge >= 0.3 is 0 Å². The first-order valence-corrected chi connectivity index (χ1v) is 6.88. The van der Waals surface area contributed by atoms with Crippen LogP contribution in [0.2, 0.25) is 0 Å². The van der Waals surface area contributed by atoms with E-state index < -0.39 is 11.4 Å². The molecule has 1 fully saturated rings. The predicted molar refractivity (Wildman–Crippen MR) is 71.4 cm³/mol. The molecule has 1 heterocycles. The second-order valence-corrected chi connectivity index (χ2v) is 5.51. The lowest BCUT2D eigenvalue weighted by Crippen LogP contribution is -2.55. The molecule has 4 nitrogen and oxygen atoms in total. The summed E-state index contributed by atoms with van der Waals surface area (Å²) in [5, 5.41) is 2.89. The Balaban J connectivity index is 2.12. The summed E-state index contributed by atoms with van der Waals surface area (Å²) >= 11 is 0. The molecule has 0 radical (unpaired) electrons. The van der Waals surface area contributed by atoms with Crippen LogP contribution in [0.15, 0.2) is 24.3 Å². The summed E-state index contributed by atoms with van der Waals surface area (Å²) < 4.78 is 0. The van der Waals surface area contributed by atoms with Crippen LogP contribution in [-0.4, -0.2) is 11.8 Å². The second-order valence-electron chi connectivity index (χ2n) is 5.51. The van der Waals surface area contributed by atoms with Crippen LogP contribution in [-0.2, 0) is 10.3 Å². The van der Waals surface area contributed by atoms with Gasteiger partial charge in [-0.1, -0.05) is 37.5 Å². The van der Waals surface area contributed by atoms with Gasteiger partial charge < -0.3 is 11.1 Å². The molecule has 100 valence electrons. The Morgan fingerprint density at radius 2 is 1.89 bits per heavy atom. The molecule has 1 aliphatic carbocycles. The van der Waals surface area contributed by atoms with E-state index in [-0.39, 0.29) is 11.8 Å². The summed E-state index contributed by atoms with van der Waals surface area (Å²) in [6.07, 6.45) is 5.27. The fraction of sp³-hybridized carbons (Fsp3) is 0.467. The number of amides is 2. The van der Waals surface area contributed by atoms with Crippen LogP contribution in [0, 0.1) is 5.92 Å². The van der Waals surface area contributed by atoms with Gasteiger partial charge in [0.15, 0.2) is 0 Å². The van der Waals surface area contributed by atoms with Crippen molar-refractivity contribution in [3.8, 4) is 0 Å². The summed E-state index contributed by atoms with van der Waals surface area (Å²) in [7, 11) is 0. The van der Waals surface area contributed by atoms with Gasteiger partial charge in [0.1, 0.15) is 5.54 Å². The quantitative estimate of drug-likeness (QED) is 0.847. The smallest absolute Gasteiger partial charge is 0.252 e. The number of fused-ring (bicyclic) bond motifs is 1. The molecule has 3 N–H and O–H groups in total. The Morgan fingerprint density at radius 1 is 1.21 bits per heavy atom. The first-order valence-electron chi connectivity index (χ1n) is 6.88. The number of nitrogens with one attached hydrogen (secondary N) is 1. The van der Waals surface area contributed by atoms with Crippen molar-refractivity contribution in [2.45, 2.75) is 37.6 Å². The average Bonchev–Trinajstić information content (AvgIpc) is 2.75. The van der Waals surface area contributed by atoms with Crippen LogP contribution < -0.4 is 11.1 Å².